The van der Waals surface area contributed by atoms with Gasteiger partial charge in [-0.3, -0.25) is 4.79 Å². The zero-order valence-corrected chi connectivity index (χ0v) is 17.3. The van der Waals surface area contributed by atoms with Gasteiger partial charge in [0, 0.05) is 6.42 Å². The van der Waals surface area contributed by atoms with Crippen LogP contribution in [0, 0.1) is 0 Å². The standard InChI is InChI=1S/C22H24ClNO6/c1-16(23)30-22(27)24-19(21(26)29-15-18-10-6-3-7-11-18)12-13-20(25)28-14-17-8-4-2-5-9-17/h2-11,16,19H,12-15H2,1H3,(H,24,27)/t16-,19+/m1/s1. The summed E-state index contributed by atoms with van der Waals surface area (Å²) in [6.07, 6.45) is -0.974. The molecule has 1 N–H and O–H groups in total. The highest BCUT2D eigenvalue weighted by atomic mass is 35.5. The molecule has 2 aromatic rings. The molecule has 1 amide bonds. The molecule has 30 heavy (non-hydrogen) atoms. The van der Waals surface area contributed by atoms with Crippen LogP contribution < -0.4 is 5.32 Å². The van der Waals surface area contributed by atoms with E-state index in [9.17, 15) is 14.4 Å². The van der Waals surface area contributed by atoms with Crippen molar-refractivity contribution in [2.24, 2.45) is 0 Å². The zero-order valence-electron chi connectivity index (χ0n) is 16.6. The van der Waals surface area contributed by atoms with Crippen LogP contribution >= 0.6 is 11.6 Å². The van der Waals surface area contributed by atoms with Crippen molar-refractivity contribution >= 4 is 29.6 Å². The molecular weight excluding hydrogens is 410 g/mol. The van der Waals surface area contributed by atoms with Gasteiger partial charge in [0.2, 0.25) is 0 Å². The Labute approximate surface area is 180 Å². The lowest BCUT2D eigenvalue weighted by Crippen LogP contribution is -2.43. The van der Waals surface area contributed by atoms with Crippen molar-refractivity contribution in [3.05, 3.63) is 71.8 Å². The number of hydrogen-bond acceptors (Lipinski definition) is 6. The number of amides is 1. The molecule has 0 aromatic heterocycles. The minimum atomic E-state index is -1.08. The molecule has 0 saturated carbocycles. The van der Waals surface area contributed by atoms with Gasteiger partial charge in [0.15, 0.2) is 5.56 Å². The minimum absolute atomic E-state index is 0.00693. The van der Waals surface area contributed by atoms with Crippen molar-refractivity contribution in [2.75, 3.05) is 0 Å². The fourth-order valence-electron chi connectivity index (χ4n) is 2.47. The first-order chi connectivity index (χ1) is 14.4. The number of alkyl halides is 1. The SMILES string of the molecule is C[C@H](Cl)OC(=O)N[C@@H](CCC(=O)OCc1ccccc1)C(=O)OCc1ccccc1. The predicted molar refractivity (Wildman–Crippen MR) is 110 cm³/mol. The van der Waals surface area contributed by atoms with Crippen molar-refractivity contribution in [2.45, 2.75) is 44.6 Å². The number of benzene rings is 2. The molecule has 0 fully saturated rings. The minimum Gasteiger partial charge on any atom is -0.461 e. The predicted octanol–water partition coefficient (Wildman–Crippen LogP) is 3.93. The number of carbonyl (C=O) groups is 3. The average molecular weight is 434 g/mol. The van der Waals surface area contributed by atoms with Gasteiger partial charge in [-0.2, -0.15) is 0 Å². The van der Waals surface area contributed by atoms with E-state index in [-0.39, 0.29) is 26.1 Å². The maximum Gasteiger partial charge on any atom is 0.409 e. The average Bonchev–Trinajstić information content (AvgIpc) is 2.74. The summed E-state index contributed by atoms with van der Waals surface area (Å²) < 4.78 is 15.3. The Kier molecular flexibility index (Phi) is 9.67. The number of rotatable bonds is 10. The third kappa shape index (κ3) is 8.96. The molecule has 0 saturated heterocycles. The van der Waals surface area contributed by atoms with Crippen molar-refractivity contribution in [3.8, 4) is 0 Å². The number of halogens is 1. The second-order valence-corrected chi connectivity index (χ2v) is 7.04. The van der Waals surface area contributed by atoms with E-state index in [1.807, 2.05) is 48.5 Å². The fourth-order valence-corrected chi connectivity index (χ4v) is 2.56. The van der Waals surface area contributed by atoms with E-state index in [1.54, 1.807) is 12.1 Å². The van der Waals surface area contributed by atoms with E-state index >= 15 is 0 Å². The molecule has 0 aliphatic carbocycles. The molecule has 0 heterocycles. The summed E-state index contributed by atoms with van der Waals surface area (Å²) in [5, 5.41) is 2.39. The molecule has 0 aliphatic heterocycles. The molecule has 160 valence electrons. The fraction of sp³-hybridized carbons (Fsp3) is 0.318. The van der Waals surface area contributed by atoms with Gasteiger partial charge in [-0.05, 0) is 24.5 Å². The van der Waals surface area contributed by atoms with Crippen LogP contribution in [0.15, 0.2) is 60.7 Å². The molecule has 2 atom stereocenters. The van der Waals surface area contributed by atoms with E-state index in [2.05, 4.69) is 5.32 Å². The molecule has 0 unspecified atom stereocenters. The second-order valence-electron chi connectivity index (χ2n) is 6.42. The van der Waals surface area contributed by atoms with Gasteiger partial charge in [0.1, 0.15) is 19.3 Å². The van der Waals surface area contributed by atoms with Crippen LogP contribution in [0.3, 0.4) is 0 Å². The Morgan fingerprint density at radius 2 is 1.43 bits per heavy atom. The van der Waals surface area contributed by atoms with Crippen LogP contribution in [-0.2, 0) is 37.0 Å². The summed E-state index contributed by atoms with van der Waals surface area (Å²) in [7, 11) is 0. The van der Waals surface area contributed by atoms with Gasteiger partial charge in [0.25, 0.3) is 0 Å². The summed E-state index contributed by atoms with van der Waals surface area (Å²) in [4.78, 5) is 36.4. The topological polar surface area (TPSA) is 90.9 Å². The normalized spacial score (nSPS) is 12.3. The molecule has 7 nitrogen and oxygen atoms in total. The van der Waals surface area contributed by atoms with Crippen LogP contribution in [0.25, 0.3) is 0 Å². The number of ether oxygens (including phenoxy) is 3. The molecule has 0 radical (unpaired) electrons. The van der Waals surface area contributed by atoms with E-state index < -0.39 is 29.6 Å². The highest BCUT2D eigenvalue weighted by Gasteiger charge is 2.25. The van der Waals surface area contributed by atoms with Crippen molar-refractivity contribution in [1.82, 2.24) is 5.32 Å². The van der Waals surface area contributed by atoms with Gasteiger partial charge in [-0.15, -0.1) is 0 Å². The maximum atomic E-state index is 12.5. The smallest absolute Gasteiger partial charge is 0.409 e. The van der Waals surface area contributed by atoms with Gasteiger partial charge in [0.05, 0.1) is 0 Å². The lowest BCUT2D eigenvalue weighted by Gasteiger charge is -2.18. The van der Waals surface area contributed by atoms with Crippen molar-refractivity contribution < 1.29 is 28.6 Å². The number of alkyl carbamates (subject to hydrolysis) is 1. The Balaban J connectivity index is 1.88. The summed E-state index contributed by atoms with van der Waals surface area (Å²) in [5.41, 5.74) is 0.771. The Morgan fingerprint density at radius 3 is 1.97 bits per heavy atom. The van der Waals surface area contributed by atoms with E-state index in [0.29, 0.717) is 0 Å². The molecule has 2 aromatic carbocycles. The van der Waals surface area contributed by atoms with Crippen molar-refractivity contribution in [3.63, 3.8) is 0 Å². The number of nitrogens with one attached hydrogen (secondary N) is 1. The first-order valence-electron chi connectivity index (χ1n) is 9.45. The molecular formula is C22H24ClNO6. The van der Waals surface area contributed by atoms with E-state index in [4.69, 9.17) is 25.8 Å². The van der Waals surface area contributed by atoms with Gasteiger partial charge in [-0.25, -0.2) is 9.59 Å². The Hall–Kier alpha value is -3.06. The first-order valence-corrected chi connectivity index (χ1v) is 9.89. The highest BCUT2D eigenvalue weighted by Crippen LogP contribution is 2.09. The lowest BCUT2D eigenvalue weighted by atomic mass is 10.1. The Morgan fingerprint density at radius 1 is 0.900 bits per heavy atom. The summed E-state index contributed by atoms with van der Waals surface area (Å²) in [6.45, 7) is 1.63. The van der Waals surface area contributed by atoms with Crippen molar-refractivity contribution in [1.29, 1.82) is 0 Å². The molecule has 0 aliphatic rings. The monoisotopic (exact) mass is 433 g/mol. The van der Waals surface area contributed by atoms with Crippen LogP contribution in [0.4, 0.5) is 4.79 Å². The second kappa shape index (κ2) is 12.5. The third-order valence-electron chi connectivity index (χ3n) is 3.95. The first kappa shape index (κ1) is 23.2. The molecule has 2 rings (SSSR count). The summed E-state index contributed by atoms with van der Waals surface area (Å²) >= 11 is 5.63. The van der Waals surface area contributed by atoms with E-state index in [1.165, 1.54) is 6.92 Å². The van der Waals surface area contributed by atoms with Gasteiger partial charge in [-0.1, -0.05) is 72.3 Å². The summed E-state index contributed by atoms with van der Waals surface area (Å²) in [6, 6.07) is 17.2. The maximum absolute atomic E-state index is 12.5. The van der Waals surface area contributed by atoms with E-state index in [0.717, 1.165) is 11.1 Å². The van der Waals surface area contributed by atoms with Crippen LogP contribution in [-0.4, -0.2) is 29.6 Å². The van der Waals surface area contributed by atoms with Crippen LogP contribution in [0.5, 0.6) is 0 Å². The zero-order chi connectivity index (χ0) is 21.8. The number of esters is 2. The van der Waals surface area contributed by atoms with Gasteiger partial charge >= 0.3 is 18.0 Å². The highest BCUT2D eigenvalue weighted by molar-refractivity contribution is 6.19. The largest absolute Gasteiger partial charge is 0.461 e. The van der Waals surface area contributed by atoms with Crippen LogP contribution in [0.2, 0.25) is 0 Å². The third-order valence-corrected chi connectivity index (χ3v) is 4.04. The molecule has 0 bridgehead atoms. The summed E-state index contributed by atoms with van der Waals surface area (Å²) in [5.74, 6) is -1.19. The Bertz CT molecular complexity index is 813. The molecule has 8 heteroatoms. The molecule has 0 spiro atoms. The van der Waals surface area contributed by atoms with Crippen LogP contribution in [0.1, 0.15) is 30.9 Å². The quantitative estimate of drug-likeness (QED) is 0.347. The van der Waals surface area contributed by atoms with Gasteiger partial charge < -0.3 is 19.5 Å². The number of hydrogen-bond donors (Lipinski definition) is 1. The number of carbonyl (C=O) groups excluding carboxylic acids is 3. The lowest BCUT2D eigenvalue weighted by molar-refractivity contribution is -0.149.